The smallest absolute Gasteiger partial charge is 0.240 e. The molecule has 6 heteroatoms. The summed E-state index contributed by atoms with van der Waals surface area (Å²) in [6, 6.07) is 3.54. The van der Waals surface area contributed by atoms with Crippen LogP contribution in [0.1, 0.15) is 18.0 Å². The second-order valence-corrected chi connectivity index (χ2v) is 3.16. The lowest BCUT2D eigenvalue weighted by molar-refractivity contribution is 0.128. The molecule has 0 aliphatic rings. The molecule has 0 saturated carbocycles. The van der Waals surface area contributed by atoms with Gasteiger partial charge in [0.2, 0.25) is 6.43 Å². The maximum atomic E-state index is 12.1. The SMILES string of the molecule is COc1ccc([C@H](N)CC(F)F)c(O)c1.Cl. The van der Waals surface area contributed by atoms with Crippen molar-refractivity contribution in [2.24, 2.45) is 5.73 Å². The van der Waals surface area contributed by atoms with Gasteiger partial charge in [-0.25, -0.2) is 8.78 Å². The Morgan fingerprint density at radius 2 is 2.06 bits per heavy atom. The molecule has 0 radical (unpaired) electrons. The van der Waals surface area contributed by atoms with Crippen molar-refractivity contribution in [2.45, 2.75) is 18.9 Å². The number of alkyl halides is 2. The zero-order valence-electron chi connectivity index (χ0n) is 8.69. The fourth-order valence-corrected chi connectivity index (χ4v) is 1.28. The van der Waals surface area contributed by atoms with Crippen molar-refractivity contribution in [1.29, 1.82) is 0 Å². The highest BCUT2D eigenvalue weighted by Crippen LogP contribution is 2.29. The fraction of sp³-hybridized carbons (Fsp3) is 0.400. The number of rotatable bonds is 4. The number of benzene rings is 1. The summed E-state index contributed by atoms with van der Waals surface area (Å²) in [6.07, 6.45) is -2.96. The van der Waals surface area contributed by atoms with Gasteiger partial charge in [-0.15, -0.1) is 12.4 Å². The normalized spacial score (nSPS) is 12.1. The minimum Gasteiger partial charge on any atom is -0.507 e. The number of nitrogens with two attached hydrogens (primary N) is 1. The van der Waals surface area contributed by atoms with Crippen LogP contribution in [0.3, 0.4) is 0 Å². The van der Waals surface area contributed by atoms with E-state index < -0.39 is 18.9 Å². The van der Waals surface area contributed by atoms with Crippen LogP contribution in [0.15, 0.2) is 18.2 Å². The quantitative estimate of drug-likeness (QED) is 0.867. The molecule has 3 N–H and O–H groups in total. The molecule has 92 valence electrons. The second kappa shape index (κ2) is 6.50. The zero-order valence-corrected chi connectivity index (χ0v) is 9.51. The molecule has 0 aliphatic carbocycles. The van der Waals surface area contributed by atoms with Gasteiger partial charge in [0.05, 0.1) is 7.11 Å². The van der Waals surface area contributed by atoms with Gasteiger partial charge in [-0.05, 0) is 6.07 Å². The molecule has 0 fully saturated rings. The van der Waals surface area contributed by atoms with Gasteiger partial charge >= 0.3 is 0 Å². The van der Waals surface area contributed by atoms with Gasteiger partial charge in [0.25, 0.3) is 0 Å². The molecule has 0 saturated heterocycles. The predicted molar refractivity (Wildman–Crippen MR) is 59.5 cm³/mol. The van der Waals surface area contributed by atoms with Crippen molar-refractivity contribution in [3.8, 4) is 11.5 Å². The third-order valence-corrected chi connectivity index (χ3v) is 2.07. The van der Waals surface area contributed by atoms with E-state index in [2.05, 4.69) is 0 Å². The fourth-order valence-electron chi connectivity index (χ4n) is 1.28. The van der Waals surface area contributed by atoms with E-state index in [4.69, 9.17) is 10.5 Å². The lowest BCUT2D eigenvalue weighted by atomic mass is 10.0. The highest BCUT2D eigenvalue weighted by atomic mass is 35.5. The highest BCUT2D eigenvalue weighted by Gasteiger charge is 2.16. The van der Waals surface area contributed by atoms with E-state index in [0.29, 0.717) is 11.3 Å². The van der Waals surface area contributed by atoms with E-state index in [1.54, 1.807) is 6.07 Å². The van der Waals surface area contributed by atoms with Crippen LogP contribution in [0.5, 0.6) is 11.5 Å². The van der Waals surface area contributed by atoms with Gasteiger partial charge in [-0.3, -0.25) is 0 Å². The molecular weight excluding hydrogens is 240 g/mol. The molecule has 3 nitrogen and oxygen atoms in total. The first-order chi connectivity index (χ1) is 7.04. The van der Waals surface area contributed by atoms with Crippen molar-refractivity contribution in [3.63, 3.8) is 0 Å². The molecule has 0 unspecified atom stereocenters. The van der Waals surface area contributed by atoms with Crippen molar-refractivity contribution < 1.29 is 18.6 Å². The van der Waals surface area contributed by atoms with Gasteiger partial charge in [-0.1, -0.05) is 6.07 Å². The third kappa shape index (κ3) is 3.83. The van der Waals surface area contributed by atoms with Crippen LogP contribution in [-0.2, 0) is 0 Å². The van der Waals surface area contributed by atoms with Crippen molar-refractivity contribution in [1.82, 2.24) is 0 Å². The highest BCUT2D eigenvalue weighted by molar-refractivity contribution is 5.85. The first-order valence-electron chi connectivity index (χ1n) is 4.45. The molecule has 1 rings (SSSR count). The lowest BCUT2D eigenvalue weighted by Crippen LogP contribution is -2.14. The Labute approximate surface area is 98.6 Å². The van der Waals surface area contributed by atoms with Gasteiger partial charge in [0.15, 0.2) is 0 Å². The Balaban J connectivity index is 0.00000225. The summed E-state index contributed by atoms with van der Waals surface area (Å²) < 4.78 is 29.0. The van der Waals surface area contributed by atoms with Crippen molar-refractivity contribution in [3.05, 3.63) is 23.8 Å². The predicted octanol–water partition coefficient (Wildman–Crippen LogP) is 2.48. The molecule has 0 aliphatic heterocycles. The van der Waals surface area contributed by atoms with Crippen LogP contribution >= 0.6 is 12.4 Å². The van der Waals surface area contributed by atoms with E-state index in [-0.39, 0.29) is 18.2 Å². The molecule has 1 aromatic rings. The maximum absolute atomic E-state index is 12.1. The summed E-state index contributed by atoms with van der Waals surface area (Å²) in [6.45, 7) is 0. The van der Waals surface area contributed by atoms with Crippen LogP contribution in [0.4, 0.5) is 8.78 Å². The topological polar surface area (TPSA) is 55.5 Å². The number of methoxy groups -OCH3 is 1. The van der Waals surface area contributed by atoms with E-state index in [1.807, 2.05) is 0 Å². The summed E-state index contributed by atoms with van der Waals surface area (Å²) in [5.41, 5.74) is 5.81. The summed E-state index contributed by atoms with van der Waals surface area (Å²) in [5.74, 6) is 0.336. The average molecular weight is 254 g/mol. The standard InChI is InChI=1S/C10H13F2NO2.ClH/c1-15-6-2-3-7(9(14)4-6)8(13)5-10(11)12;/h2-4,8,10,14H,5,13H2,1H3;1H/t8-;/m1./s1. The van der Waals surface area contributed by atoms with Gasteiger partial charge < -0.3 is 15.6 Å². The number of phenolic OH excluding ortho intramolecular Hbond substituents is 1. The lowest BCUT2D eigenvalue weighted by Gasteiger charge is -2.13. The van der Waals surface area contributed by atoms with Crippen molar-refractivity contribution >= 4 is 12.4 Å². The van der Waals surface area contributed by atoms with Gasteiger partial charge in [0, 0.05) is 24.1 Å². The number of hydrogen-bond acceptors (Lipinski definition) is 3. The number of halogens is 3. The van der Waals surface area contributed by atoms with E-state index in [0.717, 1.165) is 0 Å². The molecule has 0 aromatic heterocycles. The van der Waals surface area contributed by atoms with E-state index >= 15 is 0 Å². The van der Waals surface area contributed by atoms with Crippen LogP contribution in [0, 0.1) is 0 Å². The van der Waals surface area contributed by atoms with Crippen LogP contribution in [-0.4, -0.2) is 18.6 Å². The Morgan fingerprint density at radius 1 is 1.44 bits per heavy atom. The Hall–Kier alpha value is -1.07. The van der Waals surface area contributed by atoms with Crippen LogP contribution in [0.2, 0.25) is 0 Å². The summed E-state index contributed by atoms with van der Waals surface area (Å²) >= 11 is 0. The Bertz CT molecular complexity index is 337. The average Bonchev–Trinajstić information content (AvgIpc) is 2.16. The molecule has 0 amide bonds. The largest absolute Gasteiger partial charge is 0.507 e. The van der Waals surface area contributed by atoms with Crippen LogP contribution < -0.4 is 10.5 Å². The van der Waals surface area contributed by atoms with Gasteiger partial charge in [0.1, 0.15) is 11.5 Å². The molecule has 1 atom stereocenters. The van der Waals surface area contributed by atoms with Crippen molar-refractivity contribution in [2.75, 3.05) is 7.11 Å². The number of hydrogen-bond donors (Lipinski definition) is 2. The molecular formula is C10H14ClF2NO2. The Kier molecular flexibility index (Phi) is 6.06. The first-order valence-corrected chi connectivity index (χ1v) is 4.45. The number of aromatic hydroxyl groups is 1. The number of ether oxygens (including phenoxy) is 1. The number of phenols is 1. The van der Waals surface area contributed by atoms with Crippen LogP contribution in [0.25, 0.3) is 0 Å². The zero-order chi connectivity index (χ0) is 11.4. The van der Waals surface area contributed by atoms with E-state index in [9.17, 15) is 13.9 Å². The summed E-state index contributed by atoms with van der Waals surface area (Å²) in [5, 5.41) is 9.50. The maximum Gasteiger partial charge on any atom is 0.240 e. The molecule has 1 aromatic carbocycles. The summed E-state index contributed by atoms with van der Waals surface area (Å²) in [4.78, 5) is 0. The third-order valence-electron chi connectivity index (χ3n) is 2.07. The molecule has 16 heavy (non-hydrogen) atoms. The monoisotopic (exact) mass is 253 g/mol. The molecule has 0 heterocycles. The Morgan fingerprint density at radius 3 is 2.50 bits per heavy atom. The molecule has 0 bridgehead atoms. The van der Waals surface area contributed by atoms with Gasteiger partial charge in [-0.2, -0.15) is 0 Å². The minimum absolute atomic E-state index is 0. The molecule has 0 spiro atoms. The minimum atomic E-state index is -2.48. The van der Waals surface area contributed by atoms with E-state index in [1.165, 1.54) is 19.2 Å². The summed E-state index contributed by atoms with van der Waals surface area (Å²) in [7, 11) is 1.45. The second-order valence-electron chi connectivity index (χ2n) is 3.16. The first kappa shape index (κ1) is 14.9.